The number of hydrogen-bond acceptors (Lipinski definition) is 2. The zero-order valence-corrected chi connectivity index (χ0v) is 11.0. The molecule has 0 amide bonds. The monoisotopic (exact) mass is 232 g/mol. The molecule has 0 aromatic heterocycles. The van der Waals surface area contributed by atoms with Crippen molar-refractivity contribution in [2.75, 3.05) is 13.1 Å². The Labute approximate surface area is 105 Å². The summed E-state index contributed by atoms with van der Waals surface area (Å²) in [6.07, 6.45) is 2.28. The normalized spacial score (nSPS) is 27.9. The fourth-order valence-corrected chi connectivity index (χ4v) is 2.68. The lowest BCUT2D eigenvalue weighted by atomic mass is 9.93. The van der Waals surface area contributed by atoms with E-state index in [1.54, 1.807) is 0 Å². The molecule has 1 heterocycles. The molecule has 3 atom stereocenters. The summed E-state index contributed by atoms with van der Waals surface area (Å²) in [6.45, 7) is 6.90. The first kappa shape index (κ1) is 12.6. The summed E-state index contributed by atoms with van der Waals surface area (Å²) in [6, 6.07) is 11.8. The van der Waals surface area contributed by atoms with Gasteiger partial charge in [0.2, 0.25) is 0 Å². The molecule has 3 unspecified atom stereocenters. The van der Waals surface area contributed by atoms with Crippen molar-refractivity contribution in [3.05, 3.63) is 35.9 Å². The van der Waals surface area contributed by atoms with E-state index in [0.29, 0.717) is 18.0 Å². The molecule has 1 aromatic carbocycles. The molecule has 0 bridgehead atoms. The van der Waals surface area contributed by atoms with Crippen LogP contribution in [-0.4, -0.2) is 30.1 Å². The minimum Gasteiger partial charge on any atom is -0.327 e. The molecule has 0 aliphatic carbocycles. The highest BCUT2D eigenvalue weighted by Crippen LogP contribution is 2.19. The lowest BCUT2D eigenvalue weighted by Gasteiger charge is -2.38. The van der Waals surface area contributed by atoms with Gasteiger partial charge in [0, 0.05) is 18.6 Å². The number of hydrogen-bond donors (Lipinski definition) is 1. The standard InChI is InChI=1S/C15H24N2/c1-12-11-17(9-8-15(12)16)13(2)10-14-6-4-3-5-7-14/h3-7,12-13,15H,8-11,16H2,1-2H3. The molecule has 0 saturated carbocycles. The minimum atomic E-state index is 0.398. The number of nitrogens with zero attached hydrogens (tertiary/aromatic N) is 1. The summed E-state index contributed by atoms with van der Waals surface area (Å²) in [5.41, 5.74) is 7.50. The molecular weight excluding hydrogens is 208 g/mol. The quantitative estimate of drug-likeness (QED) is 0.866. The largest absolute Gasteiger partial charge is 0.327 e. The molecule has 2 rings (SSSR count). The predicted octanol–water partition coefficient (Wildman–Crippen LogP) is 2.29. The average molecular weight is 232 g/mol. The van der Waals surface area contributed by atoms with E-state index >= 15 is 0 Å². The van der Waals surface area contributed by atoms with Gasteiger partial charge < -0.3 is 5.73 Å². The first-order chi connectivity index (χ1) is 8.16. The number of nitrogens with two attached hydrogens (primary N) is 1. The van der Waals surface area contributed by atoms with Crippen molar-refractivity contribution in [1.82, 2.24) is 4.90 Å². The van der Waals surface area contributed by atoms with E-state index in [2.05, 4.69) is 49.1 Å². The molecule has 1 aromatic rings. The average Bonchev–Trinajstić information content (AvgIpc) is 2.34. The summed E-state index contributed by atoms with van der Waals surface area (Å²) in [4.78, 5) is 2.58. The van der Waals surface area contributed by atoms with Crippen LogP contribution in [0.25, 0.3) is 0 Å². The Kier molecular flexibility index (Phi) is 4.19. The third kappa shape index (κ3) is 3.30. The van der Waals surface area contributed by atoms with Crippen LogP contribution in [0.5, 0.6) is 0 Å². The van der Waals surface area contributed by atoms with Crippen molar-refractivity contribution in [2.45, 2.75) is 38.8 Å². The summed E-state index contributed by atoms with van der Waals surface area (Å²) in [5, 5.41) is 0. The van der Waals surface area contributed by atoms with Gasteiger partial charge in [-0.25, -0.2) is 0 Å². The van der Waals surface area contributed by atoms with Gasteiger partial charge in [-0.2, -0.15) is 0 Å². The van der Waals surface area contributed by atoms with Crippen LogP contribution in [0.1, 0.15) is 25.8 Å². The topological polar surface area (TPSA) is 29.3 Å². The Morgan fingerprint density at radius 3 is 2.71 bits per heavy atom. The molecule has 1 aliphatic rings. The lowest BCUT2D eigenvalue weighted by Crippen LogP contribution is -2.49. The van der Waals surface area contributed by atoms with Crippen LogP contribution >= 0.6 is 0 Å². The van der Waals surface area contributed by atoms with Gasteiger partial charge in [-0.3, -0.25) is 4.90 Å². The minimum absolute atomic E-state index is 0.398. The Morgan fingerprint density at radius 1 is 1.35 bits per heavy atom. The molecular formula is C15H24N2. The van der Waals surface area contributed by atoms with E-state index < -0.39 is 0 Å². The molecule has 17 heavy (non-hydrogen) atoms. The molecule has 0 spiro atoms. The molecule has 2 heteroatoms. The number of likely N-dealkylation sites (tertiary alicyclic amines) is 1. The Balaban J connectivity index is 1.90. The van der Waals surface area contributed by atoms with E-state index in [0.717, 1.165) is 25.9 Å². The van der Waals surface area contributed by atoms with Gasteiger partial charge in [-0.1, -0.05) is 37.3 Å². The zero-order valence-electron chi connectivity index (χ0n) is 11.0. The highest BCUT2D eigenvalue weighted by molar-refractivity contribution is 5.15. The van der Waals surface area contributed by atoms with Gasteiger partial charge in [0.25, 0.3) is 0 Å². The number of rotatable bonds is 3. The number of piperidine rings is 1. The van der Waals surface area contributed by atoms with E-state index in [1.807, 2.05) is 0 Å². The smallest absolute Gasteiger partial charge is 0.0107 e. The fraction of sp³-hybridized carbons (Fsp3) is 0.600. The highest BCUT2D eigenvalue weighted by atomic mass is 15.2. The third-order valence-electron chi connectivity index (χ3n) is 4.00. The third-order valence-corrected chi connectivity index (χ3v) is 4.00. The second-order valence-corrected chi connectivity index (χ2v) is 5.46. The fourth-order valence-electron chi connectivity index (χ4n) is 2.68. The maximum atomic E-state index is 6.07. The first-order valence-electron chi connectivity index (χ1n) is 6.70. The second kappa shape index (κ2) is 5.65. The molecule has 1 fully saturated rings. The van der Waals surface area contributed by atoms with Crippen molar-refractivity contribution < 1.29 is 0 Å². The zero-order chi connectivity index (χ0) is 12.3. The molecule has 0 radical (unpaired) electrons. The van der Waals surface area contributed by atoms with E-state index in [1.165, 1.54) is 5.56 Å². The van der Waals surface area contributed by atoms with Crippen LogP contribution in [0.15, 0.2) is 30.3 Å². The van der Waals surface area contributed by atoms with Crippen molar-refractivity contribution >= 4 is 0 Å². The Bertz CT molecular complexity index is 336. The van der Waals surface area contributed by atoms with Gasteiger partial charge >= 0.3 is 0 Å². The maximum Gasteiger partial charge on any atom is 0.0107 e. The van der Waals surface area contributed by atoms with Crippen LogP contribution in [-0.2, 0) is 6.42 Å². The van der Waals surface area contributed by atoms with Crippen LogP contribution < -0.4 is 5.73 Å². The number of benzene rings is 1. The van der Waals surface area contributed by atoms with Crippen LogP contribution in [0.3, 0.4) is 0 Å². The van der Waals surface area contributed by atoms with Crippen LogP contribution in [0.2, 0.25) is 0 Å². The summed E-state index contributed by atoms with van der Waals surface area (Å²) in [7, 11) is 0. The van der Waals surface area contributed by atoms with Crippen LogP contribution in [0.4, 0.5) is 0 Å². The van der Waals surface area contributed by atoms with Crippen LogP contribution in [0, 0.1) is 5.92 Å². The van der Waals surface area contributed by atoms with Gasteiger partial charge in [0.15, 0.2) is 0 Å². The van der Waals surface area contributed by atoms with E-state index in [4.69, 9.17) is 5.73 Å². The van der Waals surface area contributed by atoms with Gasteiger partial charge in [0.1, 0.15) is 0 Å². The first-order valence-corrected chi connectivity index (χ1v) is 6.70. The molecule has 1 saturated heterocycles. The van der Waals surface area contributed by atoms with Crippen molar-refractivity contribution in [2.24, 2.45) is 11.7 Å². The Hall–Kier alpha value is -0.860. The second-order valence-electron chi connectivity index (χ2n) is 5.46. The molecule has 94 valence electrons. The molecule has 2 N–H and O–H groups in total. The van der Waals surface area contributed by atoms with Gasteiger partial charge in [-0.15, -0.1) is 0 Å². The van der Waals surface area contributed by atoms with Gasteiger partial charge in [-0.05, 0) is 37.8 Å². The highest BCUT2D eigenvalue weighted by Gasteiger charge is 2.25. The summed E-state index contributed by atoms with van der Waals surface area (Å²) >= 11 is 0. The summed E-state index contributed by atoms with van der Waals surface area (Å²) in [5.74, 6) is 0.627. The van der Waals surface area contributed by atoms with E-state index in [9.17, 15) is 0 Å². The van der Waals surface area contributed by atoms with Crippen molar-refractivity contribution in [1.29, 1.82) is 0 Å². The SMILES string of the molecule is CC1CN(C(C)Cc2ccccc2)CCC1N. The van der Waals surface area contributed by atoms with E-state index in [-0.39, 0.29) is 0 Å². The predicted molar refractivity (Wildman–Crippen MR) is 72.9 cm³/mol. The molecule has 1 aliphatic heterocycles. The van der Waals surface area contributed by atoms with Crippen molar-refractivity contribution in [3.63, 3.8) is 0 Å². The van der Waals surface area contributed by atoms with Gasteiger partial charge in [0.05, 0.1) is 0 Å². The summed E-state index contributed by atoms with van der Waals surface area (Å²) < 4.78 is 0. The van der Waals surface area contributed by atoms with Crippen molar-refractivity contribution in [3.8, 4) is 0 Å². The molecule has 2 nitrogen and oxygen atoms in total. The Morgan fingerprint density at radius 2 is 2.06 bits per heavy atom. The lowest BCUT2D eigenvalue weighted by molar-refractivity contribution is 0.123. The maximum absolute atomic E-state index is 6.07.